The zero-order valence-electron chi connectivity index (χ0n) is 18.4. The van der Waals surface area contributed by atoms with Crippen molar-refractivity contribution >= 4 is 17.6 Å². The second kappa shape index (κ2) is 8.06. The Kier molecular flexibility index (Phi) is 5.58. The zero-order valence-corrected chi connectivity index (χ0v) is 18.4. The standard InChI is InChI=1S/C25H29FN2O3/c1-24(2,3)31-23(30)28-13-4-6-17-14-18(7-10-21(17)28)25(11-5-12-25)22(29)15-20-9-8-19(26)16-27-20/h7-10,14,16H,4-6,11-13,15H2,1-3H3. The van der Waals surface area contributed by atoms with E-state index < -0.39 is 16.8 Å². The van der Waals surface area contributed by atoms with Crippen LogP contribution in [0.4, 0.5) is 14.9 Å². The van der Waals surface area contributed by atoms with Crippen molar-refractivity contribution < 1.29 is 18.7 Å². The van der Waals surface area contributed by atoms with Crippen molar-refractivity contribution in [1.82, 2.24) is 4.98 Å². The summed E-state index contributed by atoms with van der Waals surface area (Å²) in [5.41, 5.74) is 2.48. The van der Waals surface area contributed by atoms with E-state index in [0.29, 0.717) is 12.2 Å². The molecule has 1 fully saturated rings. The summed E-state index contributed by atoms with van der Waals surface area (Å²) in [5.74, 6) is -0.281. The van der Waals surface area contributed by atoms with E-state index in [1.54, 1.807) is 11.0 Å². The molecule has 0 spiro atoms. The van der Waals surface area contributed by atoms with Crippen molar-refractivity contribution in [2.75, 3.05) is 11.4 Å². The molecule has 2 aromatic rings. The average molecular weight is 425 g/mol. The predicted molar refractivity (Wildman–Crippen MR) is 117 cm³/mol. The van der Waals surface area contributed by atoms with Crippen LogP contribution in [0.1, 0.15) is 63.3 Å². The fourth-order valence-electron chi connectivity index (χ4n) is 4.51. The van der Waals surface area contributed by atoms with Crippen LogP contribution in [0.25, 0.3) is 0 Å². The van der Waals surface area contributed by atoms with Gasteiger partial charge in [-0.15, -0.1) is 0 Å². The normalized spacial score (nSPS) is 17.5. The maximum atomic E-state index is 13.3. The van der Waals surface area contributed by atoms with Gasteiger partial charge in [0.15, 0.2) is 0 Å². The predicted octanol–water partition coefficient (Wildman–Crippen LogP) is 5.14. The van der Waals surface area contributed by atoms with Gasteiger partial charge in [0.05, 0.1) is 17.3 Å². The summed E-state index contributed by atoms with van der Waals surface area (Å²) in [6.07, 6.45) is 5.36. The lowest BCUT2D eigenvalue weighted by Gasteiger charge is -2.42. The van der Waals surface area contributed by atoms with Crippen LogP contribution in [0.15, 0.2) is 36.5 Å². The number of amides is 1. The molecular weight excluding hydrogens is 395 g/mol. The first kappa shape index (κ1) is 21.5. The SMILES string of the molecule is CC(C)(C)OC(=O)N1CCCc2cc(C3(C(=O)Cc4ccc(F)cn4)CCC3)ccc21. The molecule has 0 bridgehead atoms. The third-order valence-electron chi connectivity index (χ3n) is 6.24. The number of anilines is 1. The van der Waals surface area contributed by atoms with Crippen LogP contribution in [0, 0.1) is 5.82 Å². The number of pyridine rings is 1. The van der Waals surface area contributed by atoms with Crippen molar-refractivity contribution in [2.45, 2.75) is 70.3 Å². The number of aryl methyl sites for hydroxylation is 1. The molecule has 1 aliphatic carbocycles. The Balaban J connectivity index is 1.59. The van der Waals surface area contributed by atoms with Crippen molar-refractivity contribution in [1.29, 1.82) is 0 Å². The van der Waals surface area contributed by atoms with Crippen LogP contribution in [0.5, 0.6) is 0 Å². The van der Waals surface area contributed by atoms with Crippen LogP contribution in [0.3, 0.4) is 0 Å². The number of rotatable bonds is 4. The smallest absolute Gasteiger partial charge is 0.414 e. The van der Waals surface area contributed by atoms with Gasteiger partial charge in [0.2, 0.25) is 0 Å². The van der Waals surface area contributed by atoms with E-state index in [9.17, 15) is 14.0 Å². The molecule has 1 aromatic heterocycles. The summed E-state index contributed by atoms with van der Waals surface area (Å²) in [5, 5.41) is 0. The summed E-state index contributed by atoms with van der Waals surface area (Å²) < 4.78 is 18.7. The molecule has 2 aliphatic rings. The Morgan fingerprint density at radius 3 is 2.55 bits per heavy atom. The van der Waals surface area contributed by atoms with Crippen molar-refractivity contribution in [3.8, 4) is 0 Å². The molecule has 164 valence electrons. The molecule has 1 aromatic carbocycles. The highest BCUT2D eigenvalue weighted by molar-refractivity contribution is 5.93. The molecule has 6 heteroatoms. The van der Waals surface area contributed by atoms with E-state index in [1.165, 1.54) is 6.07 Å². The van der Waals surface area contributed by atoms with E-state index in [0.717, 1.165) is 55.1 Å². The zero-order chi connectivity index (χ0) is 22.2. The highest BCUT2D eigenvalue weighted by atomic mass is 19.1. The number of fused-ring (bicyclic) bond motifs is 1. The molecule has 0 radical (unpaired) electrons. The molecule has 5 nitrogen and oxygen atoms in total. The Morgan fingerprint density at radius 1 is 1.16 bits per heavy atom. The maximum absolute atomic E-state index is 13.3. The molecule has 2 heterocycles. The second-order valence-electron chi connectivity index (χ2n) is 9.58. The van der Waals surface area contributed by atoms with Gasteiger partial charge in [-0.25, -0.2) is 9.18 Å². The number of halogens is 1. The van der Waals surface area contributed by atoms with Gasteiger partial charge in [0.25, 0.3) is 0 Å². The summed E-state index contributed by atoms with van der Waals surface area (Å²) in [6, 6.07) is 8.95. The highest BCUT2D eigenvalue weighted by Gasteiger charge is 2.45. The van der Waals surface area contributed by atoms with E-state index in [1.807, 2.05) is 32.9 Å². The number of aromatic nitrogens is 1. The Labute approximate surface area is 182 Å². The fraction of sp³-hybridized carbons (Fsp3) is 0.480. The van der Waals surface area contributed by atoms with Crippen molar-refractivity contribution in [3.05, 3.63) is 59.2 Å². The van der Waals surface area contributed by atoms with Gasteiger partial charge in [0, 0.05) is 18.7 Å². The lowest BCUT2D eigenvalue weighted by molar-refractivity contribution is -0.127. The van der Waals surface area contributed by atoms with Gasteiger partial charge in [-0.05, 0) is 75.8 Å². The number of hydrogen-bond acceptors (Lipinski definition) is 4. The third-order valence-corrected chi connectivity index (χ3v) is 6.24. The number of hydrogen-bond donors (Lipinski definition) is 0. The number of carbonyl (C=O) groups is 2. The quantitative estimate of drug-likeness (QED) is 0.682. The van der Waals surface area contributed by atoms with E-state index in [4.69, 9.17) is 4.74 Å². The summed E-state index contributed by atoms with van der Waals surface area (Å²) in [4.78, 5) is 31.7. The monoisotopic (exact) mass is 424 g/mol. The minimum atomic E-state index is -0.550. The molecular formula is C25H29FN2O3. The Hall–Kier alpha value is -2.76. The van der Waals surface area contributed by atoms with Crippen LogP contribution >= 0.6 is 0 Å². The molecule has 0 unspecified atom stereocenters. The number of ether oxygens (including phenoxy) is 1. The lowest BCUT2D eigenvalue weighted by Crippen LogP contribution is -2.44. The van der Waals surface area contributed by atoms with Crippen molar-refractivity contribution in [2.24, 2.45) is 0 Å². The highest BCUT2D eigenvalue weighted by Crippen LogP contribution is 2.46. The Morgan fingerprint density at radius 2 is 1.94 bits per heavy atom. The van der Waals surface area contributed by atoms with Gasteiger partial charge in [-0.3, -0.25) is 14.7 Å². The molecule has 1 aliphatic heterocycles. The number of carbonyl (C=O) groups excluding carboxylic acids is 2. The van der Waals surface area contributed by atoms with Crippen molar-refractivity contribution in [3.63, 3.8) is 0 Å². The minimum Gasteiger partial charge on any atom is -0.443 e. The van der Waals surface area contributed by atoms with E-state index in [-0.39, 0.29) is 18.3 Å². The summed E-state index contributed by atoms with van der Waals surface area (Å²) >= 11 is 0. The molecule has 0 saturated heterocycles. The Bertz CT molecular complexity index is 991. The largest absolute Gasteiger partial charge is 0.443 e. The summed E-state index contributed by atoms with van der Waals surface area (Å²) in [7, 11) is 0. The van der Waals surface area contributed by atoms with Crippen LogP contribution in [0.2, 0.25) is 0 Å². The van der Waals surface area contributed by atoms with E-state index in [2.05, 4.69) is 11.1 Å². The lowest BCUT2D eigenvalue weighted by atomic mass is 9.61. The first-order chi connectivity index (χ1) is 14.7. The van der Waals surface area contributed by atoms with Crippen LogP contribution < -0.4 is 4.90 Å². The number of benzene rings is 1. The first-order valence-electron chi connectivity index (χ1n) is 11.0. The number of Topliss-reactive ketones (excluding diaryl/α,β-unsaturated/α-hetero) is 1. The van der Waals surface area contributed by atoms with Gasteiger partial charge < -0.3 is 4.74 Å². The van der Waals surface area contributed by atoms with E-state index >= 15 is 0 Å². The maximum Gasteiger partial charge on any atom is 0.414 e. The molecule has 31 heavy (non-hydrogen) atoms. The molecule has 0 atom stereocenters. The first-order valence-corrected chi connectivity index (χ1v) is 11.0. The van der Waals surface area contributed by atoms with Gasteiger partial charge in [0.1, 0.15) is 17.2 Å². The molecule has 0 N–H and O–H groups in total. The number of ketones is 1. The molecule has 4 rings (SSSR count). The topological polar surface area (TPSA) is 59.5 Å². The summed E-state index contributed by atoms with van der Waals surface area (Å²) in [6.45, 7) is 6.21. The average Bonchev–Trinajstić information content (AvgIpc) is 2.67. The van der Waals surface area contributed by atoms with Gasteiger partial charge >= 0.3 is 6.09 Å². The molecule has 1 amide bonds. The fourth-order valence-corrected chi connectivity index (χ4v) is 4.51. The molecule has 1 saturated carbocycles. The number of nitrogens with zero attached hydrogens (tertiary/aromatic N) is 2. The van der Waals surface area contributed by atoms with Gasteiger partial charge in [-0.1, -0.05) is 18.6 Å². The third kappa shape index (κ3) is 4.34. The minimum absolute atomic E-state index is 0.123. The van der Waals surface area contributed by atoms with Gasteiger partial charge in [-0.2, -0.15) is 0 Å². The second-order valence-corrected chi connectivity index (χ2v) is 9.58. The van der Waals surface area contributed by atoms with Crippen LogP contribution in [-0.4, -0.2) is 29.0 Å². The van der Waals surface area contributed by atoms with Crippen LogP contribution in [-0.2, 0) is 27.8 Å².